The number of hydrogen-bond acceptors (Lipinski definition) is 6. The largest absolute Gasteiger partial charge is 0.321 e. The summed E-state index contributed by atoms with van der Waals surface area (Å²) < 4.78 is 1.62. The SMILES string of the molecule is O=C(Nc1ccc(-c2ccc3nncn3n2)cc1)c1cc(-c2cccs2)[nH]n1. The molecule has 2 N–H and O–H groups in total. The molecule has 136 valence electrons. The van der Waals surface area contributed by atoms with Gasteiger partial charge in [-0.15, -0.1) is 21.5 Å². The number of nitrogens with zero attached hydrogens (tertiary/aromatic N) is 5. The lowest BCUT2D eigenvalue weighted by atomic mass is 10.1. The molecule has 0 saturated carbocycles. The van der Waals surface area contributed by atoms with E-state index in [1.54, 1.807) is 28.2 Å². The molecular formula is C19H13N7OS. The Morgan fingerprint density at radius 1 is 1.11 bits per heavy atom. The molecule has 0 radical (unpaired) electrons. The Labute approximate surface area is 162 Å². The van der Waals surface area contributed by atoms with Gasteiger partial charge in [0, 0.05) is 11.3 Å². The molecule has 4 heterocycles. The van der Waals surface area contributed by atoms with Crippen LogP contribution in [0.3, 0.4) is 0 Å². The molecule has 1 aromatic carbocycles. The zero-order valence-corrected chi connectivity index (χ0v) is 15.2. The van der Waals surface area contributed by atoms with Crippen LogP contribution in [0.1, 0.15) is 10.5 Å². The number of carbonyl (C=O) groups excluding carboxylic acids is 1. The van der Waals surface area contributed by atoms with Crippen molar-refractivity contribution in [1.29, 1.82) is 0 Å². The first-order valence-electron chi connectivity index (χ1n) is 8.44. The van der Waals surface area contributed by atoms with Gasteiger partial charge in [-0.2, -0.15) is 14.7 Å². The molecule has 0 saturated heterocycles. The minimum absolute atomic E-state index is 0.268. The Morgan fingerprint density at radius 3 is 2.82 bits per heavy atom. The van der Waals surface area contributed by atoms with Gasteiger partial charge in [-0.05, 0) is 41.8 Å². The number of thiophene rings is 1. The predicted molar refractivity (Wildman–Crippen MR) is 106 cm³/mol. The number of nitrogens with one attached hydrogen (secondary N) is 2. The van der Waals surface area contributed by atoms with Crippen molar-refractivity contribution in [3.63, 3.8) is 0 Å². The van der Waals surface area contributed by atoms with Gasteiger partial charge in [0.2, 0.25) is 0 Å². The summed E-state index contributed by atoms with van der Waals surface area (Å²) in [6.45, 7) is 0. The van der Waals surface area contributed by atoms with Gasteiger partial charge in [0.15, 0.2) is 11.3 Å². The van der Waals surface area contributed by atoms with Crippen molar-refractivity contribution >= 4 is 28.6 Å². The molecule has 0 fully saturated rings. The highest BCUT2D eigenvalue weighted by molar-refractivity contribution is 7.13. The summed E-state index contributed by atoms with van der Waals surface area (Å²) in [4.78, 5) is 13.5. The van der Waals surface area contributed by atoms with E-state index in [1.807, 2.05) is 53.9 Å². The molecule has 5 aromatic rings. The number of amides is 1. The van der Waals surface area contributed by atoms with Crippen LogP contribution in [-0.4, -0.2) is 35.9 Å². The molecule has 0 aliphatic heterocycles. The molecule has 0 aliphatic rings. The Balaban J connectivity index is 1.32. The predicted octanol–water partition coefficient (Wildman–Crippen LogP) is 3.50. The van der Waals surface area contributed by atoms with Crippen LogP contribution >= 0.6 is 11.3 Å². The van der Waals surface area contributed by atoms with E-state index in [9.17, 15) is 4.79 Å². The highest BCUT2D eigenvalue weighted by Gasteiger charge is 2.12. The molecule has 9 heteroatoms. The van der Waals surface area contributed by atoms with Gasteiger partial charge in [-0.1, -0.05) is 18.2 Å². The van der Waals surface area contributed by atoms with Gasteiger partial charge in [0.1, 0.15) is 6.33 Å². The minimum Gasteiger partial charge on any atom is -0.321 e. The number of aromatic nitrogens is 6. The van der Waals surface area contributed by atoms with E-state index in [4.69, 9.17) is 0 Å². The maximum Gasteiger partial charge on any atom is 0.276 e. The summed E-state index contributed by atoms with van der Waals surface area (Å²) in [6, 6.07) is 16.9. The van der Waals surface area contributed by atoms with Gasteiger partial charge in [0.25, 0.3) is 5.91 Å². The van der Waals surface area contributed by atoms with E-state index in [0.717, 1.165) is 21.8 Å². The Morgan fingerprint density at radius 2 is 2.00 bits per heavy atom. The van der Waals surface area contributed by atoms with E-state index >= 15 is 0 Å². The quantitative estimate of drug-likeness (QED) is 0.492. The summed E-state index contributed by atoms with van der Waals surface area (Å²) in [7, 11) is 0. The Kier molecular flexibility index (Phi) is 3.91. The molecular weight excluding hydrogens is 374 g/mol. The molecule has 28 heavy (non-hydrogen) atoms. The van der Waals surface area contributed by atoms with Crippen molar-refractivity contribution in [2.75, 3.05) is 5.32 Å². The molecule has 1 amide bonds. The first-order valence-corrected chi connectivity index (χ1v) is 9.32. The van der Waals surface area contributed by atoms with E-state index in [-0.39, 0.29) is 5.91 Å². The summed E-state index contributed by atoms with van der Waals surface area (Å²) >= 11 is 1.59. The Bertz CT molecular complexity index is 1260. The van der Waals surface area contributed by atoms with E-state index in [0.29, 0.717) is 17.0 Å². The average molecular weight is 387 g/mol. The number of carbonyl (C=O) groups is 1. The van der Waals surface area contributed by atoms with Crippen LogP contribution in [0.15, 0.2) is 66.3 Å². The smallest absolute Gasteiger partial charge is 0.276 e. The number of fused-ring (bicyclic) bond motifs is 1. The highest BCUT2D eigenvalue weighted by Crippen LogP contribution is 2.24. The maximum absolute atomic E-state index is 12.4. The second kappa shape index (κ2) is 6.71. The summed E-state index contributed by atoms with van der Waals surface area (Å²) in [5, 5.41) is 24.1. The molecule has 0 aliphatic carbocycles. The number of hydrogen-bond donors (Lipinski definition) is 2. The lowest BCUT2D eigenvalue weighted by Gasteiger charge is -2.05. The number of benzene rings is 1. The number of H-pyrrole nitrogens is 1. The zero-order chi connectivity index (χ0) is 18.9. The summed E-state index contributed by atoms with van der Waals surface area (Å²) in [5.41, 5.74) is 4.25. The van der Waals surface area contributed by atoms with E-state index in [2.05, 4.69) is 30.8 Å². The van der Waals surface area contributed by atoms with E-state index < -0.39 is 0 Å². The standard InChI is InChI=1S/C19H13N7OS/c27-19(16-10-15(22-23-16)17-2-1-9-28-17)21-13-5-3-12(4-6-13)14-7-8-18-24-20-11-26(18)25-14/h1-11H,(H,21,27)(H,22,23). The second-order valence-electron chi connectivity index (χ2n) is 6.03. The van der Waals surface area contributed by atoms with Crippen molar-refractivity contribution in [3.8, 4) is 21.8 Å². The first kappa shape index (κ1) is 16.3. The van der Waals surface area contributed by atoms with Crippen LogP contribution in [0.2, 0.25) is 0 Å². The normalized spacial score (nSPS) is 11.0. The number of aromatic amines is 1. The van der Waals surface area contributed by atoms with Gasteiger partial charge >= 0.3 is 0 Å². The number of anilines is 1. The zero-order valence-electron chi connectivity index (χ0n) is 14.4. The third-order valence-electron chi connectivity index (χ3n) is 4.20. The van der Waals surface area contributed by atoms with Crippen molar-refractivity contribution in [2.24, 2.45) is 0 Å². The highest BCUT2D eigenvalue weighted by atomic mass is 32.1. The fourth-order valence-electron chi connectivity index (χ4n) is 2.80. The molecule has 5 rings (SSSR count). The van der Waals surface area contributed by atoms with Crippen molar-refractivity contribution in [2.45, 2.75) is 0 Å². The molecule has 4 aromatic heterocycles. The Hall–Kier alpha value is -3.85. The fourth-order valence-corrected chi connectivity index (χ4v) is 3.49. The van der Waals surface area contributed by atoms with Crippen LogP contribution in [0.5, 0.6) is 0 Å². The molecule has 8 nitrogen and oxygen atoms in total. The van der Waals surface area contributed by atoms with Crippen molar-refractivity contribution in [3.05, 3.63) is 72.0 Å². The van der Waals surface area contributed by atoms with Crippen LogP contribution in [0.4, 0.5) is 5.69 Å². The van der Waals surface area contributed by atoms with E-state index in [1.165, 1.54) is 0 Å². The molecule has 0 unspecified atom stereocenters. The second-order valence-corrected chi connectivity index (χ2v) is 6.98. The summed E-state index contributed by atoms with van der Waals surface area (Å²) in [6.07, 6.45) is 1.56. The topological polar surface area (TPSA) is 101 Å². The van der Waals surface area contributed by atoms with Crippen molar-refractivity contribution in [1.82, 2.24) is 30.0 Å². The van der Waals surface area contributed by atoms with Crippen LogP contribution < -0.4 is 5.32 Å². The monoisotopic (exact) mass is 387 g/mol. The van der Waals surface area contributed by atoms with Crippen molar-refractivity contribution < 1.29 is 4.79 Å². The molecule has 0 spiro atoms. The minimum atomic E-state index is -0.268. The molecule has 0 atom stereocenters. The van der Waals surface area contributed by atoms with Gasteiger partial charge in [-0.3, -0.25) is 9.89 Å². The first-order chi connectivity index (χ1) is 13.8. The van der Waals surface area contributed by atoms with Gasteiger partial charge < -0.3 is 5.32 Å². The van der Waals surface area contributed by atoms with Crippen LogP contribution in [0, 0.1) is 0 Å². The van der Waals surface area contributed by atoms with Crippen LogP contribution in [0.25, 0.3) is 27.5 Å². The third kappa shape index (κ3) is 3.03. The molecule has 0 bridgehead atoms. The van der Waals surface area contributed by atoms with Gasteiger partial charge in [-0.25, -0.2) is 0 Å². The average Bonchev–Trinajstić information content (AvgIpc) is 3.48. The third-order valence-corrected chi connectivity index (χ3v) is 5.10. The fraction of sp³-hybridized carbons (Fsp3) is 0. The van der Waals surface area contributed by atoms with Crippen LogP contribution in [-0.2, 0) is 0 Å². The van der Waals surface area contributed by atoms with Gasteiger partial charge in [0.05, 0.1) is 16.3 Å². The number of rotatable bonds is 4. The maximum atomic E-state index is 12.4. The summed E-state index contributed by atoms with van der Waals surface area (Å²) in [5.74, 6) is -0.268. The lowest BCUT2D eigenvalue weighted by molar-refractivity contribution is 0.102. The lowest BCUT2D eigenvalue weighted by Crippen LogP contribution is -2.12.